The van der Waals surface area contributed by atoms with Crippen molar-refractivity contribution in [2.24, 2.45) is 0 Å². The first-order chi connectivity index (χ1) is 10.2. The van der Waals surface area contributed by atoms with Gasteiger partial charge in [-0.15, -0.1) is 0 Å². The van der Waals surface area contributed by atoms with Crippen molar-refractivity contribution in [1.82, 2.24) is 9.97 Å². The number of halogens is 1. The van der Waals surface area contributed by atoms with Crippen molar-refractivity contribution in [2.75, 3.05) is 7.11 Å². The number of para-hydroxylation sites is 1. The van der Waals surface area contributed by atoms with E-state index in [9.17, 15) is 5.11 Å². The van der Waals surface area contributed by atoms with Crippen LogP contribution >= 0.6 is 11.6 Å². The summed E-state index contributed by atoms with van der Waals surface area (Å²) in [6, 6.07) is 10.7. The van der Waals surface area contributed by atoms with Gasteiger partial charge in [0.05, 0.1) is 18.1 Å². The van der Waals surface area contributed by atoms with Gasteiger partial charge in [0.2, 0.25) is 0 Å². The first-order valence-electron chi connectivity index (χ1n) is 6.42. The average molecular weight is 301 g/mol. The van der Waals surface area contributed by atoms with Gasteiger partial charge in [-0.1, -0.05) is 23.7 Å². The minimum atomic E-state index is -0.890. The minimum Gasteiger partial charge on any atom is -0.496 e. The van der Waals surface area contributed by atoms with Gasteiger partial charge in [-0.2, -0.15) is 0 Å². The zero-order valence-corrected chi connectivity index (χ0v) is 12.1. The monoisotopic (exact) mass is 300 g/mol. The van der Waals surface area contributed by atoms with Gasteiger partial charge in [-0.05, 0) is 24.3 Å². The molecule has 21 heavy (non-hydrogen) atoms. The van der Waals surface area contributed by atoms with Crippen molar-refractivity contribution in [1.29, 1.82) is 0 Å². The molecule has 3 aromatic rings. The van der Waals surface area contributed by atoms with Gasteiger partial charge in [-0.25, -0.2) is 0 Å². The molecule has 5 heteroatoms. The Bertz CT molecular complexity index is 787. The normalized spacial score (nSPS) is 12.3. The van der Waals surface area contributed by atoms with Crippen LogP contribution in [0.1, 0.15) is 17.2 Å². The lowest BCUT2D eigenvalue weighted by Gasteiger charge is -2.16. The second kappa shape index (κ2) is 5.68. The van der Waals surface area contributed by atoms with E-state index in [2.05, 4.69) is 9.97 Å². The lowest BCUT2D eigenvalue weighted by molar-refractivity contribution is 0.216. The molecule has 2 aromatic carbocycles. The molecule has 0 aliphatic heterocycles. The quantitative estimate of drug-likeness (QED) is 0.805. The minimum absolute atomic E-state index is 0.538. The summed E-state index contributed by atoms with van der Waals surface area (Å²) in [6.45, 7) is 0. The third-order valence-electron chi connectivity index (χ3n) is 3.31. The Balaban J connectivity index is 2.17. The van der Waals surface area contributed by atoms with Crippen LogP contribution in [-0.2, 0) is 0 Å². The predicted octanol–water partition coefficient (Wildman–Crippen LogP) is 3.37. The highest BCUT2D eigenvalue weighted by molar-refractivity contribution is 6.30. The highest BCUT2D eigenvalue weighted by atomic mass is 35.5. The topological polar surface area (TPSA) is 55.2 Å². The predicted molar refractivity (Wildman–Crippen MR) is 81.6 cm³/mol. The maximum absolute atomic E-state index is 10.7. The molecule has 1 N–H and O–H groups in total. The van der Waals surface area contributed by atoms with E-state index >= 15 is 0 Å². The van der Waals surface area contributed by atoms with E-state index in [1.165, 1.54) is 0 Å². The SMILES string of the molecule is COc1ccc(Cl)cc1C(O)c1cccc2nccnc12. The van der Waals surface area contributed by atoms with Gasteiger partial charge in [0.15, 0.2) is 0 Å². The second-order valence-electron chi connectivity index (χ2n) is 4.56. The number of methoxy groups -OCH3 is 1. The molecule has 0 saturated heterocycles. The van der Waals surface area contributed by atoms with Crippen LogP contribution in [0.4, 0.5) is 0 Å². The highest BCUT2D eigenvalue weighted by Crippen LogP contribution is 2.34. The molecular formula is C16H13ClN2O2. The van der Waals surface area contributed by atoms with Crippen LogP contribution in [-0.4, -0.2) is 22.2 Å². The number of hydrogen-bond donors (Lipinski definition) is 1. The van der Waals surface area contributed by atoms with E-state index in [-0.39, 0.29) is 0 Å². The van der Waals surface area contributed by atoms with Crippen LogP contribution in [0.15, 0.2) is 48.8 Å². The molecule has 0 fully saturated rings. The highest BCUT2D eigenvalue weighted by Gasteiger charge is 2.19. The third-order valence-corrected chi connectivity index (χ3v) is 3.55. The third kappa shape index (κ3) is 2.55. The van der Waals surface area contributed by atoms with Crippen molar-refractivity contribution in [2.45, 2.75) is 6.10 Å². The van der Waals surface area contributed by atoms with Crippen molar-refractivity contribution < 1.29 is 9.84 Å². The fraction of sp³-hybridized carbons (Fsp3) is 0.125. The lowest BCUT2D eigenvalue weighted by Crippen LogP contribution is -2.04. The first kappa shape index (κ1) is 13.8. The van der Waals surface area contributed by atoms with Gasteiger partial charge >= 0.3 is 0 Å². The number of aromatic nitrogens is 2. The second-order valence-corrected chi connectivity index (χ2v) is 5.00. The number of fused-ring (bicyclic) bond motifs is 1. The molecule has 1 atom stereocenters. The number of hydrogen-bond acceptors (Lipinski definition) is 4. The summed E-state index contributed by atoms with van der Waals surface area (Å²) in [5.74, 6) is 0.577. The molecular weight excluding hydrogens is 288 g/mol. The summed E-state index contributed by atoms with van der Waals surface area (Å²) in [5.41, 5.74) is 2.66. The zero-order valence-electron chi connectivity index (χ0n) is 11.3. The molecule has 0 bridgehead atoms. The van der Waals surface area contributed by atoms with Crippen LogP contribution in [0.5, 0.6) is 5.75 Å². The zero-order chi connectivity index (χ0) is 14.8. The summed E-state index contributed by atoms with van der Waals surface area (Å²) in [6.07, 6.45) is 2.34. The van der Waals surface area contributed by atoms with Gasteiger partial charge in [0.25, 0.3) is 0 Å². The Labute approximate surface area is 127 Å². The molecule has 106 valence electrons. The largest absolute Gasteiger partial charge is 0.496 e. The Morgan fingerprint density at radius 1 is 1.10 bits per heavy atom. The standard InChI is InChI=1S/C16H13ClN2O2/c1-21-14-6-5-10(17)9-12(14)16(20)11-3-2-4-13-15(11)19-8-7-18-13/h2-9,16,20H,1H3. The Hall–Kier alpha value is -2.17. The number of ether oxygens (including phenoxy) is 1. The molecule has 3 rings (SSSR count). The Morgan fingerprint density at radius 2 is 1.90 bits per heavy atom. The van der Waals surface area contributed by atoms with Crippen LogP contribution < -0.4 is 4.74 Å². The smallest absolute Gasteiger partial charge is 0.125 e. The molecule has 0 saturated carbocycles. The van der Waals surface area contributed by atoms with E-state index in [0.29, 0.717) is 27.4 Å². The van der Waals surface area contributed by atoms with Gasteiger partial charge in [0.1, 0.15) is 11.9 Å². The van der Waals surface area contributed by atoms with Crippen LogP contribution in [0, 0.1) is 0 Å². The van der Waals surface area contributed by atoms with E-state index in [1.807, 2.05) is 18.2 Å². The summed E-state index contributed by atoms with van der Waals surface area (Å²) in [4.78, 5) is 8.56. The number of aliphatic hydroxyl groups is 1. The van der Waals surface area contributed by atoms with Gasteiger partial charge in [-0.3, -0.25) is 9.97 Å². The number of aliphatic hydroxyl groups excluding tert-OH is 1. The summed E-state index contributed by atoms with van der Waals surface area (Å²) in [5, 5.41) is 11.3. The van der Waals surface area contributed by atoms with Crippen LogP contribution in [0.25, 0.3) is 11.0 Å². The molecule has 0 amide bonds. The molecule has 4 nitrogen and oxygen atoms in total. The number of nitrogens with zero attached hydrogens (tertiary/aromatic N) is 2. The van der Waals surface area contributed by atoms with Crippen molar-refractivity contribution in [3.05, 3.63) is 64.9 Å². The molecule has 0 aliphatic carbocycles. The molecule has 1 unspecified atom stereocenters. The number of benzene rings is 2. The summed E-state index contributed by atoms with van der Waals surface area (Å²) in [7, 11) is 1.56. The molecule has 1 aromatic heterocycles. The Morgan fingerprint density at radius 3 is 2.71 bits per heavy atom. The van der Waals surface area contributed by atoms with Gasteiger partial charge in [0, 0.05) is 28.5 Å². The first-order valence-corrected chi connectivity index (χ1v) is 6.79. The molecule has 0 spiro atoms. The fourth-order valence-corrected chi connectivity index (χ4v) is 2.50. The van der Waals surface area contributed by atoms with Gasteiger partial charge < -0.3 is 9.84 Å². The van der Waals surface area contributed by atoms with E-state index in [0.717, 1.165) is 5.52 Å². The summed E-state index contributed by atoms with van der Waals surface area (Å²) < 4.78 is 5.30. The average Bonchev–Trinajstić information content (AvgIpc) is 2.53. The van der Waals surface area contributed by atoms with Crippen molar-refractivity contribution >= 4 is 22.6 Å². The molecule has 0 aliphatic rings. The van der Waals surface area contributed by atoms with Crippen molar-refractivity contribution in [3.8, 4) is 5.75 Å². The van der Waals surface area contributed by atoms with E-state index in [4.69, 9.17) is 16.3 Å². The fourth-order valence-electron chi connectivity index (χ4n) is 2.32. The van der Waals surface area contributed by atoms with Crippen LogP contribution in [0.2, 0.25) is 5.02 Å². The molecule has 1 heterocycles. The van der Waals surface area contributed by atoms with E-state index in [1.54, 1.807) is 37.7 Å². The number of rotatable bonds is 3. The maximum atomic E-state index is 10.7. The Kier molecular flexibility index (Phi) is 3.73. The van der Waals surface area contributed by atoms with Crippen LogP contribution in [0.3, 0.4) is 0 Å². The summed E-state index contributed by atoms with van der Waals surface area (Å²) >= 11 is 6.03. The maximum Gasteiger partial charge on any atom is 0.125 e. The lowest BCUT2D eigenvalue weighted by atomic mass is 9.99. The molecule has 0 radical (unpaired) electrons. The van der Waals surface area contributed by atoms with E-state index < -0.39 is 6.10 Å². The van der Waals surface area contributed by atoms with Crippen molar-refractivity contribution in [3.63, 3.8) is 0 Å².